The fourth-order valence-corrected chi connectivity index (χ4v) is 4.43. The van der Waals surface area contributed by atoms with Gasteiger partial charge in [-0.2, -0.15) is 0 Å². The highest BCUT2D eigenvalue weighted by atomic mass is 35.5. The first-order valence-corrected chi connectivity index (χ1v) is 11.4. The van der Waals surface area contributed by atoms with Crippen LogP contribution >= 0.6 is 23.2 Å². The number of aliphatic hydroxyl groups excluding tert-OH is 1. The first kappa shape index (κ1) is 26.4. The van der Waals surface area contributed by atoms with Crippen molar-refractivity contribution in [3.63, 3.8) is 0 Å². The summed E-state index contributed by atoms with van der Waals surface area (Å²) < 4.78 is 6.04. The van der Waals surface area contributed by atoms with Crippen molar-refractivity contribution in [3.05, 3.63) is 38.4 Å². The van der Waals surface area contributed by atoms with Gasteiger partial charge >= 0.3 is 0 Å². The number of nitrogens with zero attached hydrogens (tertiary/aromatic N) is 3. The van der Waals surface area contributed by atoms with Gasteiger partial charge in [0.1, 0.15) is 31.1 Å². The molecular weight excluding hydrogens is 461 g/mol. The molecule has 3 atom stereocenters. The molecule has 1 aliphatic rings. The van der Waals surface area contributed by atoms with Crippen LogP contribution < -0.4 is 4.74 Å². The number of likely N-dealkylation sites (N-methyl/N-ethyl adjacent to an activating group) is 1. The lowest BCUT2D eigenvalue weighted by Crippen LogP contribution is -2.55. The zero-order valence-electron chi connectivity index (χ0n) is 18.7. The fraction of sp³-hybridized carbons (Fsp3) is 0.667. The van der Waals surface area contributed by atoms with Gasteiger partial charge in [-0.1, -0.05) is 36.0 Å². The molecule has 3 unspecified atom stereocenters. The molecule has 1 aliphatic carbocycles. The summed E-state index contributed by atoms with van der Waals surface area (Å²) in [4.78, 5) is 29.7. The highest BCUT2D eigenvalue weighted by Crippen LogP contribution is 2.28. The van der Waals surface area contributed by atoms with Gasteiger partial charge in [-0.05, 0) is 25.0 Å². The molecule has 0 radical (unpaired) electrons. The Balaban J connectivity index is 1.92. The third-order valence-electron chi connectivity index (χ3n) is 5.67. The minimum absolute atomic E-state index is 0.0412. The largest absolute Gasteiger partial charge is 0.489 e. The SMILES string of the molecule is CC(=O)N(CC[N+](C)(C)CC(O)COc1cc(Cl)ccc1Cl)C1CCCCC1O[N+](=O)[O-]. The van der Waals surface area contributed by atoms with E-state index in [-0.39, 0.29) is 18.6 Å². The van der Waals surface area contributed by atoms with Crippen LogP contribution in [0, 0.1) is 10.1 Å². The van der Waals surface area contributed by atoms with Crippen molar-refractivity contribution >= 4 is 29.1 Å². The number of quaternary nitrogens is 1. The molecule has 32 heavy (non-hydrogen) atoms. The number of halogens is 2. The van der Waals surface area contributed by atoms with E-state index in [1.807, 2.05) is 14.1 Å². The molecule has 1 aromatic carbocycles. The summed E-state index contributed by atoms with van der Waals surface area (Å²) in [6.07, 6.45) is 1.57. The van der Waals surface area contributed by atoms with Crippen LogP contribution in [0.25, 0.3) is 0 Å². The smallest absolute Gasteiger partial charge is 0.294 e. The third kappa shape index (κ3) is 8.27. The lowest BCUT2D eigenvalue weighted by atomic mass is 9.91. The second kappa shape index (κ2) is 11.9. The van der Waals surface area contributed by atoms with Crippen LogP contribution in [0.15, 0.2) is 18.2 Å². The van der Waals surface area contributed by atoms with Gasteiger partial charge in [0.15, 0.2) is 0 Å². The van der Waals surface area contributed by atoms with Gasteiger partial charge in [-0.25, -0.2) is 0 Å². The van der Waals surface area contributed by atoms with Crippen LogP contribution in [-0.2, 0) is 9.63 Å². The maximum atomic E-state index is 12.3. The Labute approximate surface area is 198 Å². The molecule has 1 amide bonds. The van der Waals surface area contributed by atoms with E-state index in [2.05, 4.69) is 0 Å². The molecule has 180 valence electrons. The number of aliphatic hydroxyl groups is 1. The van der Waals surface area contributed by atoms with Crippen molar-refractivity contribution in [1.82, 2.24) is 4.90 Å². The van der Waals surface area contributed by atoms with Crippen LogP contribution in [0.1, 0.15) is 32.6 Å². The quantitative estimate of drug-likeness (QED) is 0.289. The van der Waals surface area contributed by atoms with Gasteiger partial charge in [0.05, 0.1) is 38.2 Å². The van der Waals surface area contributed by atoms with Crippen molar-refractivity contribution in [3.8, 4) is 5.75 Å². The Morgan fingerprint density at radius 1 is 1.34 bits per heavy atom. The maximum absolute atomic E-state index is 12.3. The molecule has 9 nitrogen and oxygen atoms in total. The Bertz CT molecular complexity index is 795. The number of ether oxygens (including phenoxy) is 1. The van der Waals surface area contributed by atoms with Crippen LogP contribution in [0.4, 0.5) is 0 Å². The van der Waals surface area contributed by atoms with Gasteiger partial charge in [0.2, 0.25) is 5.91 Å². The van der Waals surface area contributed by atoms with Crippen molar-refractivity contribution in [2.45, 2.75) is 50.9 Å². The highest BCUT2D eigenvalue weighted by molar-refractivity contribution is 6.34. The number of benzene rings is 1. The number of hydrogen-bond donors (Lipinski definition) is 1. The summed E-state index contributed by atoms with van der Waals surface area (Å²) in [6, 6.07) is 4.55. The number of carbonyl (C=O) groups excluding carboxylic acids is 1. The molecule has 0 heterocycles. The van der Waals surface area contributed by atoms with Crippen molar-refractivity contribution in [2.75, 3.05) is 40.3 Å². The van der Waals surface area contributed by atoms with E-state index in [9.17, 15) is 20.0 Å². The number of rotatable bonds is 11. The Morgan fingerprint density at radius 2 is 2.03 bits per heavy atom. The number of carbonyl (C=O) groups is 1. The predicted molar refractivity (Wildman–Crippen MR) is 121 cm³/mol. The molecule has 0 bridgehead atoms. The average molecular weight is 493 g/mol. The monoisotopic (exact) mass is 492 g/mol. The third-order valence-corrected chi connectivity index (χ3v) is 6.22. The number of hydrogen-bond acceptors (Lipinski definition) is 6. The van der Waals surface area contributed by atoms with Crippen LogP contribution in [0.2, 0.25) is 10.0 Å². The van der Waals surface area contributed by atoms with Gasteiger partial charge in [-0.3, -0.25) is 4.79 Å². The summed E-state index contributed by atoms with van der Waals surface area (Å²) in [5.41, 5.74) is 0. The average Bonchev–Trinajstić information content (AvgIpc) is 2.69. The molecule has 0 aliphatic heterocycles. The van der Waals surface area contributed by atoms with Crippen molar-refractivity contribution in [2.24, 2.45) is 0 Å². The van der Waals surface area contributed by atoms with Gasteiger partial charge in [0, 0.05) is 18.0 Å². The number of amides is 1. The minimum atomic E-state index is -0.774. The molecule has 0 saturated heterocycles. The van der Waals surface area contributed by atoms with E-state index in [0.717, 1.165) is 12.8 Å². The van der Waals surface area contributed by atoms with E-state index in [1.54, 1.807) is 23.1 Å². The maximum Gasteiger partial charge on any atom is 0.294 e. The normalized spacial score (nSPS) is 19.8. The van der Waals surface area contributed by atoms with Gasteiger partial charge in [-0.15, -0.1) is 10.1 Å². The van der Waals surface area contributed by atoms with Crippen LogP contribution in [0.5, 0.6) is 5.75 Å². The first-order valence-electron chi connectivity index (χ1n) is 10.6. The van der Waals surface area contributed by atoms with Crippen molar-refractivity contribution in [1.29, 1.82) is 0 Å². The van der Waals surface area contributed by atoms with Gasteiger partial charge < -0.3 is 24.1 Å². The lowest BCUT2D eigenvalue weighted by Gasteiger charge is -2.40. The summed E-state index contributed by atoms with van der Waals surface area (Å²) >= 11 is 12.0. The first-order chi connectivity index (χ1) is 15.0. The Hall–Kier alpha value is -1.81. The van der Waals surface area contributed by atoms with E-state index >= 15 is 0 Å². The van der Waals surface area contributed by atoms with Crippen LogP contribution in [-0.4, -0.2) is 84.1 Å². The van der Waals surface area contributed by atoms with Gasteiger partial charge in [0.25, 0.3) is 5.09 Å². The fourth-order valence-electron chi connectivity index (χ4n) is 4.09. The molecule has 1 saturated carbocycles. The summed E-state index contributed by atoms with van der Waals surface area (Å²) in [5, 5.41) is 21.5. The highest BCUT2D eigenvalue weighted by Gasteiger charge is 2.35. The molecule has 1 aromatic rings. The summed E-state index contributed by atoms with van der Waals surface area (Å²) in [6.45, 7) is 2.84. The molecule has 0 spiro atoms. The van der Waals surface area contributed by atoms with E-state index < -0.39 is 17.3 Å². The molecule has 1 N–H and O–H groups in total. The lowest BCUT2D eigenvalue weighted by molar-refractivity contribution is -0.892. The van der Waals surface area contributed by atoms with Crippen molar-refractivity contribution < 1.29 is 29.0 Å². The van der Waals surface area contributed by atoms with E-state index in [1.165, 1.54) is 6.92 Å². The predicted octanol–water partition coefficient (Wildman–Crippen LogP) is 3.18. The standard InChI is InChI=1S/C21H32Cl2N3O6/c1-15(27)24(19-6-4-5-7-20(19)32-25(29)30)10-11-26(2,3)13-17(28)14-31-21-12-16(22)8-9-18(21)23/h8-9,12,17,19-20,28H,4-7,10-11,13-14H2,1-3H3/q+1. The second-order valence-electron chi connectivity index (χ2n) is 8.81. The topological polar surface area (TPSA) is 102 Å². The molecular formula is C21H32Cl2N3O6+. The summed E-state index contributed by atoms with van der Waals surface area (Å²) in [5.74, 6) is 0.258. The minimum Gasteiger partial charge on any atom is -0.489 e. The van der Waals surface area contributed by atoms with E-state index in [4.69, 9.17) is 32.8 Å². The molecule has 0 aromatic heterocycles. The molecule has 2 rings (SSSR count). The summed E-state index contributed by atoms with van der Waals surface area (Å²) in [7, 11) is 3.89. The van der Waals surface area contributed by atoms with E-state index in [0.29, 0.717) is 52.8 Å². The molecule has 11 heteroatoms. The van der Waals surface area contributed by atoms with Crippen LogP contribution in [0.3, 0.4) is 0 Å². The Morgan fingerprint density at radius 3 is 2.69 bits per heavy atom. The zero-order chi connectivity index (χ0) is 23.9. The molecule has 1 fully saturated rings. The zero-order valence-corrected chi connectivity index (χ0v) is 20.2. The second-order valence-corrected chi connectivity index (χ2v) is 9.66. The Kier molecular flexibility index (Phi) is 9.82.